The number of aromatic nitrogens is 2. The van der Waals surface area contributed by atoms with Crippen LogP contribution in [0.15, 0.2) is 36.9 Å². The number of amides is 2. The maximum absolute atomic E-state index is 12.9. The average Bonchev–Trinajstić information content (AvgIpc) is 3.27. The number of halogens is 3. The van der Waals surface area contributed by atoms with E-state index in [1.165, 1.54) is 22.9 Å². The van der Waals surface area contributed by atoms with Crippen LogP contribution in [0.3, 0.4) is 0 Å². The molecule has 0 radical (unpaired) electrons. The fourth-order valence-electron chi connectivity index (χ4n) is 4.69. The van der Waals surface area contributed by atoms with Crippen molar-refractivity contribution in [2.45, 2.75) is 31.5 Å². The third-order valence-corrected chi connectivity index (χ3v) is 6.29. The number of rotatable bonds is 4. The fraction of sp³-hybridized carbons (Fsp3) is 0.381. The van der Waals surface area contributed by atoms with Gasteiger partial charge in [-0.1, -0.05) is 18.7 Å². The first-order chi connectivity index (χ1) is 14.5. The molecule has 2 aliphatic rings. The zero-order valence-corrected chi connectivity index (χ0v) is 16.7. The van der Waals surface area contributed by atoms with Crippen molar-refractivity contribution in [3.05, 3.63) is 48.0 Å². The van der Waals surface area contributed by atoms with Gasteiger partial charge in [-0.05, 0) is 42.9 Å². The van der Waals surface area contributed by atoms with Gasteiger partial charge in [0.15, 0.2) is 0 Å². The van der Waals surface area contributed by atoms with Crippen molar-refractivity contribution < 1.29 is 22.8 Å². The number of carbonyl (C=O) groups is 2. The Morgan fingerprint density at radius 3 is 2.42 bits per heavy atom. The van der Waals surface area contributed by atoms with Gasteiger partial charge in [0.25, 0.3) is 5.91 Å². The summed E-state index contributed by atoms with van der Waals surface area (Å²) in [5, 5.41) is 4.45. The highest BCUT2D eigenvalue weighted by atomic mass is 19.4. The molecule has 1 aliphatic carbocycles. The number of nitrogens with zero attached hydrogens (tertiary/aromatic N) is 3. The number of nitrogen functional groups attached to an aromatic ring is 1. The lowest BCUT2D eigenvalue weighted by Gasteiger charge is -2.45. The molecule has 2 fully saturated rings. The van der Waals surface area contributed by atoms with E-state index in [1.807, 2.05) is 0 Å². The summed E-state index contributed by atoms with van der Waals surface area (Å²) in [6.45, 7) is 4.81. The Morgan fingerprint density at radius 1 is 1.23 bits per heavy atom. The highest BCUT2D eigenvalue weighted by molar-refractivity contribution is 6.03. The van der Waals surface area contributed by atoms with Crippen LogP contribution in [0.25, 0.3) is 11.3 Å². The minimum absolute atomic E-state index is 0.00408. The van der Waals surface area contributed by atoms with Gasteiger partial charge in [0.2, 0.25) is 5.91 Å². The number of primary amides is 1. The van der Waals surface area contributed by atoms with Crippen LogP contribution in [0.4, 0.5) is 19.0 Å². The molecule has 2 heterocycles. The van der Waals surface area contributed by atoms with Crippen molar-refractivity contribution in [2.75, 3.05) is 18.8 Å². The summed E-state index contributed by atoms with van der Waals surface area (Å²) in [6.07, 6.45) is -0.852. The second kappa shape index (κ2) is 7.14. The number of anilines is 1. The van der Waals surface area contributed by atoms with Gasteiger partial charge in [-0.2, -0.15) is 18.3 Å². The molecule has 4 rings (SSSR count). The van der Waals surface area contributed by atoms with Crippen LogP contribution < -0.4 is 11.5 Å². The normalized spacial score (nSPS) is 23.1. The molecule has 2 aromatic rings. The van der Waals surface area contributed by atoms with Crippen LogP contribution in [0.5, 0.6) is 0 Å². The van der Waals surface area contributed by atoms with E-state index in [0.717, 1.165) is 31.4 Å². The molecular formula is C21H22F3N5O2. The highest BCUT2D eigenvalue weighted by Crippen LogP contribution is 2.54. The van der Waals surface area contributed by atoms with E-state index in [4.69, 9.17) is 11.5 Å². The van der Waals surface area contributed by atoms with Crippen molar-refractivity contribution in [3.63, 3.8) is 0 Å². The molecule has 1 aliphatic heterocycles. The molecule has 1 spiro atoms. The van der Waals surface area contributed by atoms with Crippen LogP contribution in [0, 0.1) is 5.41 Å². The number of benzene rings is 1. The molecule has 31 heavy (non-hydrogen) atoms. The highest BCUT2D eigenvalue weighted by Gasteiger charge is 2.50. The smallest absolute Gasteiger partial charge is 0.383 e. The summed E-state index contributed by atoms with van der Waals surface area (Å²) in [7, 11) is 0. The number of alkyl halides is 3. The van der Waals surface area contributed by atoms with Crippen LogP contribution in [0.2, 0.25) is 0 Å². The molecule has 10 heteroatoms. The molecule has 1 aromatic heterocycles. The molecule has 1 saturated carbocycles. The van der Waals surface area contributed by atoms with Crippen LogP contribution in [0.1, 0.15) is 41.2 Å². The zero-order chi connectivity index (χ0) is 22.6. The first kappa shape index (κ1) is 21.0. The number of likely N-dealkylation sites (tertiary alicyclic amines) is 1. The molecule has 1 saturated heterocycles. The van der Waals surface area contributed by atoms with Gasteiger partial charge >= 0.3 is 6.18 Å². The Bertz CT molecular complexity index is 1050. The molecular weight excluding hydrogens is 411 g/mol. The summed E-state index contributed by atoms with van der Waals surface area (Å²) in [6, 6.07) is 4.27. The lowest BCUT2D eigenvalue weighted by Crippen LogP contribution is -2.42. The Balaban J connectivity index is 1.59. The van der Waals surface area contributed by atoms with E-state index in [2.05, 4.69) is 11.7 Å². The zero-order valence-electron chi connectivity index (χ0n) is 16.7. The number of nitrogens with two attached hydrogens (primary N) is 2. The fourth-order valence-corrected chi connectivity index (χ4v) is 4.69. The van der Waals surface area contributed by atoms with E-state index in [-0.39, 0.29) is 34.4 Å². The Hall–Kier alpha value is -3.30. The molecule has 164 valence electrons. The Labute approximate surface area is 176 Å². The van der Waals surface area contributed by atoms with Gasteiger partial charge < -0.3 is 16.4 Å². The van der Waals surface area contributed by atoms with Gasteiger partial charge in [0.1, 0.15) is 17.1 Å². The lowest BCUT2D eigenvalue weighted by atomic mass is 9.65. The Morgan fingerprint density at radius 2 is 1.87 bits per heavy atom. The predicted octanol–water partition coefficient (Wildman–Crippen LogP) is 2.99. The summed E-state index contributed by atoms with van der Waals surface area (Å²) >= 11 is 0. The molecule has 7 nitrogen and oxygen atoms in total. The van der Waals surface area contributed by atoms with Gasteiger partial charge in [0.05, 0.1) is 11.6 Å². The molecule has 2 amide bonds. The second-order valence-corrected chi connectivity index (χ2v) is 8.27. The summed E-state index contributed by atoms with van der Waals surface area (Å²) in [4.78, 5) is 25.7. The number of hydrogen-bond acceptors (Lipinski definition) is 4. The van der Waals surface area contributed by atoms with Gasteiger partial charge in [-0.25, -0.2) is 4.68 Å². The van der Waals surface area contributed by atoms with Crippen LogP contribution in [-0.2, 0) is 11.0 Å². The van der Waals surface area contributed by atoms with E-state index in [1.54, 1.807) is 4.90 Å². The number of hydrogen-bond donors (Lipinski definition) is 2. The number of carbonyl (C=O) groups excluding carboxylic acids is 2. The van der Waals surface area contributed by atoms with Crippen molar-refractivity contribution in [2.24, 2.45) is 11.1 Å². The summed E-state index contributed by atoms with van der Waals surface area (Å²) in [5.41, 5.74) is 11.3. The molecule has 0 bridgehead atoms. The van der Waals surface area contributed by atoms with Gasteiger partial charge in [0, 0.05) is 18.7 Å². The van der Waals surface area contributed by atoms with E-state index in [9.17, 15) is 22.8 Å². The van der Waals surface area contributed by atoms with Gasteiger partial charge in [-0.15, -0.1) is 0 Å². The molecule has 1 aromatic carbocycles. The summed E-state index contributed by atoms with van der Waals surface area (Å²) < 4.78 is 40.1. The first-order valence-electron chi connectivity index (χ1n) is 9.81. The monoisotopic (exact) mass is 433 g/mol. The first-order valence-corrected chi connectivity index (χ1v) is 9.81. The second-order valence-electron chi connectivity index (χ2n) is 8.27. The topological polar surface area (TPSA) is 107 Å². The summed E-state index contributed by atoms with van der Waals surface area (Å²) in [5.74, 6) is -0.796. The molecule has 4 N–H and O–H groups in total. The van der Waals surface area contributed by atoms with Crippen LogP contribution >= 0.6 is 0 Å². The lowest BCUT2D eigenvalue weighted by molar-refractivity contribution is -0.137. The Kier molecular flexibility index (Phi) is 4.83. The third-order valence-electron chi connectivity index (χ3n) is 6.29. The maximum Gasteiger partial charge on any atom is 0.416 e. The van der Waals surface area contributed by atoms with Crippen molar-refractivity contribution in [3.8, 4) is 11.3 Å². The average molecular weight is 433 g/mol. The van der Waals surface area contributed by atoms with E-state index < -0.39 is 17.6 Å². The quantitative estimate of drug-likeness (QED) is 0.723. The van der Waals surface area contributed by atoms with Crippen molar-refractivity contribution in [1.29, 1.82) is 0 Å². The molecule has 0 unspecified atom stereocenters. The largest absolute Gasteiger partial charge is 0.416 e. The van der Waals surface area contributed by atoms with E-state index in [0.29, 0.717) is 18.7 Å². The van der Waals surface area contributed by atoms with Crippen molar-refractivity contribution in [1.82, 2.24) is 14.7 Å². The van der Waals surface area contributed by atoms with Crippen molar-refractivity contribution >= 4 is 17.6 Å². The predicted molar refractivity (Wildman–Crippen MR) is 108 cm³/mol. The molecule has 0 atom stereocenters. The third kappa shape index (κ3) is 3.55. The maximum atomic E-state index is 12.9. The van der Waals surface area contributed by atoms with Gasteiger partial charge in [-0.3, -0.25) is 9.59 Å². The van der Waals surface area contributed by atoms with E-state index >= 15 is 0 Å². The SMILES string of the molecule is C=CC(=O)N1CC[C@]2(C1)C[C@@H](n1nc(-c3ccc(C(F)(F)F)cc3)c(C(N)=O)c1N)C2. The van der Waals surface area contributed by atoms with Crippen LogP contribution in [-0.4, -0.2) is 39.6 Å². The minimum Gasteiger partial charge on any atom is -0.383 e. The minimum atomic E-state index is -4.47. The standard InChI is InChI=1S/C21H22F3N5O2/c1-2-15(30)28-8-7-20(11-28)9-14(10-20)29-18(25)16(19(26)31)17(27-29)12-3-5-13(6-4-12)21(22,23)24/h2-6,14H,1,7-11,25H2,(H2,26,31)/t14-,20+.